The van der Waals surface area contributed by atoms with Gasteiger partial charge in [0.25, 0.3) is 10.5 Å². The molecule has 0 saturated heterocycles. The summed E-state index contributed by atoms with van der Waals surface area (Å²) in [4.78, 5) is 22.6. The Kier molecular flexibility index (Phi) is 10.4. The van der Waals surface area contributed by atoms with Crippen LogP contribution in [0.4, 0.5) is 5.69 Å². The second-order valence-electron chi connectivity index (χ2n) is 3.59. The molecule has 0 aliphatic heterocycles. The first-order valence-corrected chi connectivity index (χ1v) is 7.33. The van der Waals surface area contributed by atoms with Crippen molar-refractivity contribution in [2.45, 2.75) is 48.5 Å². The van der Waals surface area contributed by atoms with Crippen molar-refractivity contribution >= 4 is 39.4 Å². The van der Waals surface area contributed by atoms with E-state index in [1.165, 1.54) is 0 Å². The van der Waals surface area contributed by atoms with E-state index >= 15 is 0 Å². The second kappa shape index (κ2) is 9.78. The fourth-order valence-corrected chi connectivity index (χ4v) is 2.39. The summed E-state index contributed by atoms with van der Waals surface area (Å²) in [6.07, 6.45) is 0. The highest BCUT2D eigenvalue weighted by Gasteiger charge is 2.21. The van der Waals surface area contributed by atoms with Crippen LogP contribution < -0.4 is 5.73 Å². The Morgan fingerprint density at radius 2 is 1.00 bits per heavy atom. The summed E-state index contributed by atoms with van der Waals surface area (Å²) in [5.74, 6) is 0. The molecule has 3 nitrogen and oxygen atoms in total. The Hall–Kier alpha value is -1.06. The fourth-order valence-electron chi connectivity index (χ4n) is 1.83. The van der Waals surface area contributed by atoms with Gasteiger partial charge in [0.05, 0.1) is 0 Å². The zero-order chi connectivity index (χ0) is 16.6. The number of carbonyl (C=O) groups excluding carboxylic acids is 2. The largest absolute Gasteiger partial charge is 0.398 e. The molecule has 0 fully saturated rings. The third-order valence-electron chi connectivity index (χ3n) is 2.70. The van der Waals surface area contributed by atoms with E-state index in [1.54, 1.807) is 20.8 Å². The molecule has 20 heavy (non-hydrogen) atoms. The van der Waals surface area contributed by atoms with Crippen LogP contribution in [0.15, 0.2) is 0 Å². The SMILES string of the molecule is CC.CC.Cc1c(N)c(C)c(C(=O)Cl)c(C)c1C(=O)Cl. The average Bonchev–Trinajstić information content (AvgIpc) is 2.40. The van der Waals surface area contributed by atoms with Crippen molar-refractivity contribution in [3.8, 4) is 0 Å². The topological polar surface area (TPSA) is 60.2 Å². The lowest BCUT2D eigenvalue weighted by Crippen LogP contribution is -2.10. The number of halogens is 2. The maximum atomic E-state index is 11.3. The van der Waals surface area contributed by atoms with Gasteiger partial charge in [0.2, 0.25) is 0 Å². The van der Waals surface area contributed by atoms with Crippen molar-refractivity contribution in [1.82, 2.24) is 0 Å². The van der Waals surface area contributed by atoms with Gasteiger partial charge >= 0.3 is 0 Å². The van der Waals surface area contributed by atoms with Crippen molar-refractivity contribution in [2.75, 3.05) is 5.73 Å². The average molecular weight is 320 g/mol. The Labute approximate surface area is 131 Å². The third-order valence-corrected chi connectivity index (χ3v) is 3.08. The third kappa shape index (κ3) is 4.50. The van der Waals surface area contributed by atoms with Crippen LogP contribution in [0.1, 0.15) is 65.1 Å². The maximum Gasteiger partial charge on any atom is 0.253 e. The quantitative estimate of drug-likeness (QED) is 0.616. The molecule has 0 aliphatic rings. The van der Waals surface area contributed by atoms with Crippen molar-refractivity contribution in [2.24, 2.45) is 0 Å². The van der Waals surface area contributed by atoms with Crippen molar-refractivity contribution < 1.29 is 9.59 Å². The van der Waals surface area contributed by atoms with E-state index in [0.717, 1.165) is 0 Å². The van der Waals surface area contributed by atoms with Crippen LogP contribution in [-0.2, 0) is 0 Å². The Bertz CT molecular complexity index is 456. The van der Waals surface area contributed by atoms with Crippen molar-refractivity contribution in [3.05, 3.63) is 27.8 Å². The predicted octanol–water partition coefficient (Wildman–Crippen LogP) is 5.00. The molecule has 0 radical (unpaired) electrons. The van der Waals surface area contributed by atoms with Gasteiger partial charge in [0, 0.05) is 16.8 Å². The molecule has 1 rings (SSSR count). The highest BCUT2D eigenvalue weighted by molar-refractivity contribution is 6.69. The fraction of sp³-hybridized carbons (Fsp3) is 0.467. The minimum Gasteiger partial charge on any atom is -0.398 e. The Morgan fingerprint density at radius 3 is 1.20 bits per heavy atom. The van der Waals surface area contributed by atoms with E-state index in [2.05, 4.69) is 0 Å². The van der Waals surface area contributed by atoms with Gasteiger partial charge < -0.3 is 5.73 Å². The van der Waals surface area contributed by atoms with Crippen molar-refractivity contribution in [1.29, 1.82) is 0 Å². The van der Waals surface area contributed by atoms with E-state index in [4.69, 9.17) is 28.9 Å². The lowest BCUT2D eigenvalue weighted by atomic mass is 9.92. The summed E-state index contributed by atoms with van der Waals surface area (Å²) in [7, 11) is 0. The first kappa shape index (κ1) is 21.2. The number of carbonyl (C=O) groups is 2. The molecule has 1 aromatic rings. The number of nitrogen functional groups attached to an aromatic ring is 1. The summed E-state index contributed by atoms with van der Waals surface area (Å²) in [6, 6.07) is 0. The van der Waals surface area contributed by atoms with Crippen LogP contribution in [-0.4, -0.2) is 10.5 Å². The normalized spacial score (nSPS) is 8.85. The smallest absolute Gasteiger partial charge is 0.253 e. The summed E-state index contributed by atoms with van der Waals surface area (Å²) < 4.78 is 0. The molecule has 5 heteroatoms. The predicted molar refractivity (Wildman–Crippen MR) is 88.1 cm³/mol. The molecule has 0 atom stereocenters. The van der Waals surface area contributed by atoms with Gasteiger partial charge in [0.15, 0.2) is 0 Å². The number of anilines is 1. The minimum absolute atomic E-state index is 0.258. The van der Waals surface area contributed by atoms with Crippen molar-refractivity contribution in [3.63, 3.8) is 0 Å². The molecule has 0 unspecified atom stereocenters. The molecule has 0 aliphatic carbocycles. The van der Waals surface area contributed by atoms with Crippen LogP contribution in [0, 0.1) is 20.8 Å². The van der Waals surface area contributed by atoms with Gasteiger partial charge in [-0.1, -0.05) is 27.7 Å². The van der Waals surface area contributed by atoms with Gasteiger partial charge in [-0.3, -0.25) is 9.59 Å². The maximum absolute atomic E-state index is 11.3. The zero-order valence-electron chi connectivity index (χ0n) is 13.1. The van der Waals surface area contributed by atoms with Crippen LogP contribution >= 0.6 is 23.2 Å². The van der Waals surface area contributed by atoms with Gasteiger partial charge in [-0.15, -0.1) is 0 Å². The molecule has 0 saturated carbocycles. The number of rotatable bonds is 2. The van der Waals surface area contributed by atoms with E-state index in [0.29, 0.717) is 22.4 Å². The molecule has 0 amide bonds. The molecule has 0 aromatic heterocycles. The Morgan fingerprint density at radius 1 is 0.750 bits per heavy atom. The molecular weight excluding hydrogens is 297 g/mol. The van der Waals surface area contributed by atoms with E-state index in [1.807, 2.05) is 27.7 Å². The monoisotopic (exact) mass is 319 g/mol. The summed E-state index contributed by atoms with van der Waals surface area (Å²) in [6.45, 7) is 13.0. The molecule has 0 heterocycles. The Balaban J connectivity index is 0. The highest BCUT2D eigenvalue weighted by atomic mass is 35.5. The minimum atomic E-state index is -0.638. The summed E-state index contributed by atoms with van der Waals surface area (Å²) in [5, 5.41) is -1.28. The van der Waals surface area contributed by atoms with Crippen LogP contribution in [0.5, 0.6) is 0 Å². The first-order valence-electron chi connectivity index (χ1n) is 6.57. The summed E-state index contributed by atoms with van der Waals surface area (Å²) in [5.41, 5.74) is 8.33. The molecule has 1 aromatic carbocycles. The van der Waals surface area contributed by atoms with Gasteiger partial charge in [0.1, 0.15) is 0 Å². The zero-order valence-corrected chi connectivity index (χ0v) is 14.7. The molecule has 114 valence electrons. The van der Waals surface area contributed by atoms with Crippen LogP contribution in [0.2, 0.25) is 0 Å². The van der Waals surface area contributed by atoms with E-state index < -0.39 is 10.5 Å². The lowest BCUT2D eigenvalue weighted by Gasteiger charge is -2.15. The van der Waals surface area contributed by atoms with Crippen LogP contribution in [0.25, 0.3) is 0 Å². The standard InChI is InChI=1S/C11H11Cl2NO2.2C2H6/c1-4-7(10(12)15)5(2)9(14)6(3)8(4)11(13)16;2*1-2/h14H2,1-3H3;2*1-2H3. The number of nitrogens with two attached hydrogens (primary N) is 1. The first-order chi connectivity index (χ1) is 9.29. The van der Waals surface area contributed by atoms with Gasteiger partial charge in [-0.2, -0.15) is 0 Å². The molecule has 2 N–H and O–H groups in total. The lowest BCUT2D eigenvalue weighted by molar-refractivity contribution is 0.107. The van der Waals surface area contributed by atoms with E-state index in [9.17, 15) is 9.59 Å². The molecular formula is C15H23Cl2NO2. The van der Waals surface area contributed by atoms with Gasteiger partial charge in [-0.05, 0) is 60.7 Å². The highest BCUT2D eigenvalue weighted by Crippen LogP contribution is 2.30. The number of hydrogen-bond donors (Lipinski definition) is 1. The second-order valence-corrected chi connectivity index (χ2v) is 4.27. The number of hydrogen-bond acceptors (Lipinski definition) is 3. The van der Waals surface area contributed by atoms with E-state index in [-0.39, 0.29) is 11.1 Å². The summed E-state index contributed by atoms with van der Waals surface area (Å²) >= 11 is 10.9. The molecule has 0 spiro atoms. The molecule has 0 bridgehead atoms. The van der Waals surface area contributed by atoms with Gasteiger partial charge in [-0.25, -0.2) is 0 Å². The van der Waals surface area contributed by atoms with Crippen LogP contribution in [0.3, 0.4) is 0 Å². The number of benzene rings is 1.